The molecule has 9 nitrogen and oxygen atoms in total. The van der Waals surface area contributed by atoms with Crippen molar-refractivity contribution in [2.75, 3.05) is 28.2 Å². The minimum Gasteiger partial charge on any atom is -0.448 e. The van der Waals surface area contributed by atoms with E-state index in [1.165, 1.54) is 22.5 Å². The number of halogens is 1. The molecular weight excluding hydrogens is 475 g/mol. The fourth-order valence-electron chi connectivity index (χ4n) is 4.80. The molecule has 0 saturated carbocycles. The zero-order chi connectivity index (χ0) is 25.4. The maximum Gasteiger partial charge on any atom is 0.525 e. The second kappa shape index (κ2) is 9.63. The smallest absolute Gasteiger partial charge is 0.448 e. The molecule has 0 bridgehead atoms. The molecule has 2 aliphatic rings. The molecule has 4 rings (SSSR count). The highest BCUT2D eigenvalue weighted by Gasteiger charge is 2.43. The summed E-state index contributed by atoms with van der Waals surface area (Å²) in [5.74, 6) is -0.705. The summed E-state index contributed by atoms with van der Waals surface area (Å²) in [6, 6.07) is 12.4. The van der Waals surface area contributed by atoms with Gasteiger partial charge in [-0.1, -0.05) is 24.3 Å². The van der Waals surface area contributed by atoms with Crippen LogP contribution in [0, 0.1) is 11.7 Å². The van der Waals surface area contributed by atoms with Crippen LogP contribution in [0.1, 0.15) is 33.6 Å². The first-order valence-corrected chi connectivity index (χ1v) is 13.0. The first kappa shape index (κ1) is 25.2. The van der Waals surface area contributed by atoms with Crippen LogP contribution in [0.3, 0.4) is 0 Å². The number of carboxylic acid groups (broad SMARTS) is 1. The maximum absolute atomic E-state index is 14.6. The number of piperidine rings is 1. The monoisotopic (exact) mass is 506 g/mol. The third kappa shape index (κ3) is 5.07. The van der Waals surface area contributed by atoms with Gasteiger partial charge in [-0.15, -0.1) is 5.48 Å². The molecule has 2 aliphatic heterocycles. The Kier molecular flexibility index (Phi) is 6.94. The van der Waals surface area contributed by atoms with Crippen LogP contribution in [0.15, 0.2) is 48.5 Å². The van der Waals surface area contributed by atoms with Gasteiger partial charge in [-0.05, 0) is 63.8 Å². The molecule has 2 heterocycles. The summed E-state index contributed by atoms with van der Waals surface area (Å²) in [5.41, 5.74) is 3.39. The van der Waals surface area contributed by atoms with Crippen LogP contribution < -0.4 is 14.1 Å². The Balaban J connectivity index is 1.60. The van der Waals surface area contributed by atoms with Gasteiger partial charge >= 0.3 is 16.4 Å². The van der Waals surface area contributed by atoms with Crippen LogP contribution in [-0.4, -0.2) is 55.8 Å². The molecule has 2 atom stereocenters. The Morgan fingerprint density at radius 1 is 1.11 bits per heavy atom. The number of anilines is 3. The molecule has 2 aromatic carbocycles. The lowest BCUT2D eigenvalue weighted by Gasteiger charge is -2.45. The number of rotatable bonds is 6. The average molecular weight is 507 g/mol. The molecule has 190 valence electrons. The molecule has 0 aromatic heterocycles. The van der Waals surface area contributed by atoms with E-state index >= 15 is 0 Å². The summed E-state index contributed by atoms with van der Waals surface area (Å²) in [4.78, 5) is 17.9. The van der Waals surface area contributed by atoms with E-state index in [9.17, 15) is 17.6 Å². The van der Waals surface area contributed by atoms with Gasteiger partial charge in [0.25, 0.3) is 0 Å². The second-order valence-electron chi connectivity index (χ2n) is 9.83. The number of carbonyl (C=O) groups is 1. The van der Waals surface area contributed by atoms with Crippen LogP contribution in [-0.2, 0) is 15.0 Å². The van der Waals surface area contributed by atoms with Gasteiger partial charge in [0, 0.05) is 31.2 Å². The lowest BCUT2D eigenvalue weighted by molar-refractivity contribution is -0.0181. The second-order valence-corrected chi connectivity index (χ2v) is 11.5. The third-order valence-electron chi connectivity index (χ3n) is 6.63. The Hall–Kier alpha value is -2.89. The molecular formula is C24H31FN4O5S. The first-order chi connectivity index (χ1) is 16.5. The number of likely N-dealkylation sites (tertiary alicyclic amines) is 1. The van der Waals surface area contributed by atoms with Crippen molar-refractivity contribution in [2.24, 2.45) is 5.92 Å². The zero-order valence-electron chi connectivity index (χ0n) is 20.0. The van der Waals surface area contributed by atoms with E-state index in [0.29, 0.717) is 30.8 Å². The van der Waals surface area contributed by atoms with E-state index in [2.05, 4.69) is 36.0 Å². The highest BCUT2D eigenvalue weighted by atomic mass is 32.2. The van der Waals surface area contributed by atoms with E-state index < -0.39 is 22.2 Å². The number of nitrogens with one attached hydrogen (secondary N) is 1. The molecule has 2 unspecified atom stereocenters. The van der Waals surface area contributed by atoms with Crippen molar-refractivity contribution >= 4 is 33.4 Å². The maximum atomic E-state index is 14.6. The van der Waals surface area contributed by atoms with E-state index in [4.69, 9.17) is 5.11 Å². The highest BCUT2D eigenvalue weighted by molar-refractivity contribution is 7.95. The van der Waals surface area contributed by atoms with Gasteiger partial charge in [0.05, 0.1) is 17.1 Å². The molecule has 2 N–H and O–H groups in total. The quantitative estimate of drug-likeness (QED) is 0.569. The van der Waals surface area contributed by atoms with E-state index in [1.807, 2.05) is 0 Å². The van der Waals surface area contributed by atoms with Crippen molar-refractivity contribution in [2.45, 2.75) is 45.2 Å². The van der Waals surface area contributed by atoms with Gasteiger partial charge < -0.3 is 9.94 Å². The van der Waals surface area contributed by atoms with Crippen LogP contribution in [0.5, 0.6) is 0 Å². The van der Waals surface area contributed by atoms with Gasteiger partial charge in [0.15, 0.2) is 0 Å². The van der Waals surface area contributed by atoms with Crippen molar-refractivity contribution in [1.29, 1.82) is 0 Å². The number of fused-ring (bicyclic) bond motifs is 1. The Labute approximate surface area is 205 Å². The van der Waals surface area contributed by atoms with Gasteiger partial charge in [0.1, 0.15) is 5.82 Å². The first-order valence-electron chi connectivity index (χ1n) is 11.6. The molecule has 35 heavy (non-hydrogen) atoms. The lowest BCUT2D eigenvalue weighted by Crippen LogP contribution is -2.55. The minimum atomic E-state index is -4.08. The SMILES string of the molecule is CC(C)(C)N1CCC(NOC(=O)O)C(CCN2c3ccccc3N(c3ccccc3F)S2(=O)=O)C1. The average Bonchev–Trinajstić information content (AvgIpc) is 3.02. The predicted octanol–water partition coefficient (Wildman–Crippen LogP) is 4.11. The Bertz CT molecular complexity index is 1190. The standard InChI is InChI=1S/C24H31FN4O5S/c1-24(2,3)27-14-13-19(26-34-23(30)31)17(16-27)12-15-28-21-10-6-7-11-22(21)29(35(28,32)33)20-9-5-4-8-18(20)25/h4-11,17,19,26H,12-16H2,1-3H3,(H,30,31). The molecule has 0 aliphatic carbocycles. The van der Waals surface area contributed by atoms with Gasteiger partial charge in [-0.25, -0.2) is 13.5 Å². The molecule has 0 radical (unpaired) electrons. The number of hydrogen-bond acceptors (Lipinski definition) is 6. The molecule has 2 aromatic rings. The number of para-hydroxylation sites is 3. The molecule has 0 amide bonds. The van der Waals surface area contributed by atoms with Crippen molar-refractivity contribution < 1.29 is 27.5 Å². The topological polar surface area (TPSA) is 102 Å². The summed E-state index contributed by atoms with van der Waals surface area (Å²) in [5, 5.41) is 8.93. The molecule has 1 fully saturated rings. The summed E-state index contributed by atoms with van der Waals surface area (Å²) >= 11 is 0. The predicted molar refractivity (Wildman–Crippen MR) is 131 cm³/mol. The van der Waals surface area contributed by atoms with Crippen molar-refractivity contribution in [3.05, 3.63) is 54.3 Å². The summed E-state index contributed by atoms with van der Waals surface area (Å²) in [6.07, 6.45) is -0.315. The Morgan fingerprint density at radius 3 is 2.37 bits per heavy atom. The highest BCUT2D eigenvalue weighted by Crippen LogP contribution is 2.46. The third-order valence-corrected chi connectivity index (χ3v) is 8.42. The number of benzene rings is 2. The molecule has 11 heteroatoms. The number of nitrogens with zero attached hydrogens (tertiary/aromatic N) is 3. The van der Waals surface area contributed by atoms with Crippen molar-refractivity contribution in [1.82, 2.24) is 10.4 Å². The van der Waals surface area contributed by atoms with E-state index in [-0.39, 0.29) is 29.7 Å². The van der Waals surface area contributed by atoms with Gasteiger partial charge in [-0.2, -0.15) is 8.42 Å². The molecule has 0 spiro atoms. The van der Waals surface area contributed by atoms with E-state index in [0.717, 1.165) is 10.8 Å². The summed E-state index contributed by atoms with van der Waals surface area (Å²) < 4.78 is 44.3. The zero-order valence-corrected chi connectivity index (χ0v) is 20.8. The summed E-state index contributed by atoms with van der Waals surface area (Å²) in [6.45, 7) is 7.89. The van der Waals surface area contributed by atoms with Gasteiger partial charge in [0.2, 0.25) is 0 Å². The van der Waals surface area contributed by atoms with Crippen LogP contribution in [0.4, 0.5) is 26.2 Å². The largest absolute Gasteiger partial charge is 0.525 e. The van der Waals surface area contributed by atoms with Crippen LogP contribution in [0.2, 0.25) is 0 Å². The number of hydrogen-bond donors (Lipinski definition) is 2. The van der Waals surface area contributed by atoms with Crippen LogP contribution >= 0.6 is 0 Å². The molecule has 1 saturated heterocycles. The van der Waals surface area contributed by atoms with E-state index in [1.54, 1.807) is 30.3 Å². The van der Waals surface area contributed by atoms with Crippen molar-refractivity contribution in [3.8, 4) is 0 Å². The Morgan fingerprint density at radius 2 is 1.74 bits per heavy atom. The fraction of sp³-hybridized carbons (Fsp3) is 0.458. The fourth-order valence-corrected chi connectivity index (χ4v) is 6.53. The van der Waals surface area contributed by atoms with Crippen LogP contribution in [0.25, 0.3) is 0 Å². The lowest BCUT2D eigenvalue weighted by atomic mass is 9.87. The normalized spacial score (nSPS) is 22.2. The van der Waals surface area contributed by atoms with Crippen molar-refractivity contribution in [3.63, 3.8) is 0 Å². The number of hydroxylamine groups is 1. The minimum absolute atomic E-state index is 0.0339. The summed E-state index contributed by atoms with van der Waals surface area (Å²) in [7, 11) is -4.08. The van der Waals surface area contributed by atoms with Gasteiger partial charge in [-0.3, -0.25) is 9.21 Å².